The van der Waals surface area contributed by atoms with Crippen LogP contribution in [0.25, 0.3) is 20.4 Å². The van der Waals surface area contributed by atoms with Gasteiger partial charge in [0.15, 0.2) is 0 Å². The van der Waals surface area contributed by atoms with Crippen LogP contribution in [0, 0.1) is 11.8 Å². The van der Waals surface area contributed by atoms with Crippen molar-refractivity contribution in [3.8, 4) is 0 Å². The first kappa shape index (κ1) is 37.3. The van der Waals surface area contributed by atoms with Crippen molar-refractivity contribution in [2.75, 3.05) is 54.4 Å². The summed E-state index contributed by atoms with van der Waals surface area (Å²) in [5, 5.41) is 6.15. The first-order valence-corrected chi connectivity index (χ1v) is 17.2. The standard InChI is InChI=1S/C17H25N3S.C17H23N3S.B.Na.H/c2*1-12-4-6-14(18-11-12)13-5-7-16-15(10-13)19-17(21-16)8-9-20(2)3;;;/h5,7,10,12,14,18H,4,6,8-9,11H2,1-3H3;5,7,10,12H,4,6,8-9,11H2,1-3H3;;;/q;;;+1;-1/t12-,14+;;;;/m1..../s1. The van der Waals surface area contributed by atoms with E-state index in [4.69, 9.17) is 15.0 Å². The fourth-order valence-electron chi connectivity index (χ4n) is 5.55. The Morgan fingerprint density at radius 1 is 0.818 bits per heavy atom. The van der Waals surface area contributed by atoms with Crippen LogP contribution in [0.15, 0.2) is 41.4 Å². The molecule has 0 saturated carbocycles. The van der Waals surface area contributed by atoms with Gasteiger partial charge < -0.3 is 16.5 Å². The molecule has 2 aliphatic heterocycles. The number of hydrogen-bond acceptors (Lipinski definition) is 8. The third-order valence-electron chi connectivity index (χ3n) is 8.30. The number of likely N-dealkylation sites (N-methyl/N-ethyl adjacent to an activating group) is 2. The van der Waals surface area contributed by atoms with E-state index >= 15 is 0 Å². The van der Waals surface area contributed by atoms with E-state index in [2.05, 4.69) is 93.6 Å². The van der Waals surface area contributed by atoms with E-state index in [1.807, 2.05) is 22.7 Å². The second kappa shape index (κ2) is 17.7. The van der Waals surface area contributed by atoms with Crippen LogP contribution >= 0.6 is 22.7 Å². The maximum atomic E-state index is 4.82. The zero-order valence-electron chi connectivity index (χ0n) is 28.9. The van der Waals surface area contributed by atoms with Crippen LogP contribution in [-0.2, 0) is 12.8 Å². The van der Waals surface area contributed by atoms with Crippen molar-refractivity contribution < 1.29 is 31.0 Å². The molecule has 0 bridgehead atoms. The molecule has 231 valence electrons. The summed E-state index contributed by atoms with van der Waals surface area (Å²) in [6.07, 6.45) is 6.98. The van der Waals surface area contributed by atoms with E-state index in [-0.39, 0.29) is 39.4 Å². The predicted molar refractivity (Wildman–Crippen MR) is 190 cm³/mol. The molecule has 4 heterocycles. The molecule has 44 heavy (non-hydrogen) atoms. The minimum Gasteiger partial charge on any atom is -1.00 e. The Kier molecular flexibility index (Phi) is 15.0. The predicted octanol–water partition coefficient (Wildman–Crippen LogP) is 3.82. The average molecular weight is 640 g/mol. The number of benzene rings is 2. The summed E-state index contributed by atoms with van der Waals surface area (Å²) in [6, 6.07) is 14.0. The summed E-state index contributed by atoms with van der Waals surface area (Å²) in [6.45, 7) is 8.82. The Bertz CT molecular complexity index is 1500. The number of nitrogens with zero attached hydrogens (tertiary/aromatic N) is 5. The van der Waals surface area contributed by atoms with Gasteiger partial charge in [0, 0.05) is 52.6 Å². The summed E-state index contributed by atoms with van der Waals surface area (Å²) in [7, 11) is 8.43. The fourth-order valence-corrected chi connectivity index (χ4v) is 7.43. The molecule has 3 atom stereocenters. The van der Waals surface area contributed by atoms with Crippen molar-refractivity contribution in [2.45, 2.75) is 58.4 Å². The number of aromatic nitrogens is 2. The fraction of sp³-hybridized carbons (Fsp3) is 0.559. The van der Waals surface area contributed by atoms with Crippen LogP contribution in [0.3, 0.4) is 0 Å². The number of thiazole rings is 2. The summed E-state index contributed by atoms with van der Waals surface area (Å²) in [5.41, 5.74) is 6.23. The van der Waals surface area contributed by atoms with Gasteiger partial charge in [-0.2, -0.15) is 0 Å². The summed E-state index contributed by atoms with van der Waals surface area (Å²) in [4.78, 5) is 18.8. The van der Waals surface area contributed by atoms with E-state index in [1.54, 1.807) is 0 Å². The monoisotopic (exact) mass is 639 g/mol. The molecule has 2 aromatic carbocycles. The number of hydrogen-bond donors (Lipinski definition) is 1. The molecule has 1 N–H and O–H groups in total. The summed E-state index contributed by atoms with van der Waals surface area (Å²) < 4.78 is 2.61. The van der Waals surface area contributed by atoms with Gasteiger partial charge >= 0.3 is 29.6 Å². The first-order valence-electron chi connectivity index (χ1n) is 15.6. The minimum atomic E-state index is 0. The number of aliphatic imine (C=N–C) groups is 1. The molecule has 0 aliphatic carbocycles. The van der Waals surface area contributed by atoms with Crippen molar-refractivity contribution in [1.82, 2.24) is 25.1 Å². The average Bonchev–Trinajstić information content (AvgIpc) is 3.59. The molecule has 0 amide bonds. The minimum absolute atomic E-state index is 0. The van der Waals surface area contributed by atoms with Gasteiger partial charge in [-0.3, -0.25) is 4.99 Å². The van der Waals surface area contributed by atoms with Gasteiger partial charge in [-0.25, -0.2) is 9.97 Å². The quantitative estimate of drug-likeness (QED) is 0.298. The van der Waals surface area contributed by atoms with Gasteiger partial charge in [-0.1, -0.05) is 26.0 Å². The van der Waals surface area contributed by atoms with Crippen molar-refractivity contribution >= 4 is 57.2 Å². The number of nitrogens with one attached hydrogen (secondary N) is 1. The zero-order chi connectivity index (χ0) is 29.6. The van der Waals surface area contributed by atoms with Crippen LogP contribution in [-0.4, -0.2) is 88.3 Å². The van der Waals surface area contributed by atoms with Gasteiger partial charge in [0.05, 0.1) is 30.4 Å². The Balaban J connectivity index is 0.000000294. The zero-order valence-corrected chi connectivity index (χ0v) is 31.5. The Hall–Kier alpha value is -1.17. The van der Waals surface area contributed by atoms with E-state index in [1.165, 1.54) is 61.0 Å². The topological polar surface area (TPSA) is 56.7 Å². The molecule has 1 fully saturated rings. The third-order valence-corrected chi connectivity index (χ3v) is 10.5. The van der Waals surface area contributed by atoms with Crippen LogP contribution in [0.4, 0.5) is 0 Å². The number of fused-ring (bicyclic) bond motifs is 2. The molecule has 6 nitrogen and oxygen atoms in total. The normalized spacial score (nSPS) is 20.2. The van der Waals surface area contributed by atoms with Gasteiger partial charge in [0.1, 0.15) is 0 Å². The van der Waals surface area contributed by atoms with E-state index < -0.39 is 0 Å². The molecule has 1 saturated heterocycles. The molecular formula is C34H49BN6NaS2. The molecule has 4 aromatic rings. The Labute approximate surface area is 298 Å². The Morgan fingerprint density at radius 3 is 1.98 bits per heavy atom. The first-order chi connectivity index (χ1) is 20.2. The van der Waals surface area contributed by atoms with Crippen LogP contribution in [0.5, 0.6) is 0 Å². The molecule has 3 radical (unpaired) electrons. The molecule has 1 unspecified atom stereocenters. The van der Waals surface area contributed by atoms with Crippen molar-refractivity contribution in [3.63, 3.8) is 0 Å². The maximum absolute atomic E-state index is 4.82. The van der Waals surface area contributed by atoms with Crippen molar-refractivity contribution in [2.24, 2.45) is 16.8 Å². The van der Waals surface area contributed by atoms with E-state index in [0.29, 0.717) is 6.04 Å². The van der Waals surface area contributed by atoms with Gasteiger partial charge in [0.25, 0.3) is 0 Å². The van der Waals surface area contributed by atoms with Crippen molar-refractivity contribution in [3.05, 3.63) is 57.5 Å². The maximum Gasteiger partial charge on any atom is 1.00 e. The third kappa shape index (κ3) is 10.4. The molecule has 2 aromatic heterocycles. The number of piperidine rings is 1. The van der Waals surface area contributed by atoms with Gasteiger partial charge in [-0.05, 0) is 108 Å². The SMILES string of the molecule is CC1CCC(c2ccc3sc(CCN(C)C)nc3c2)=NC1.C[C@@H]1CC[C@@H](c2ccc3sc(CCN(C)C)nc3c2)NC1.[B].[H-].[Na+]. The second-order valence-electron chi connectivity index (χ2n) is 12.8. The molecule has 2 aliphatic rings. The van der Waals surface area contributed by atoms with Crippen LogP contribution in [0.1, 0.15) is 68.1 Å². The smallest absolute Gasteiger partial charge is 1.00 e. The van der Waals surface area contributed by atoms with Crippen LogP contribution < -0.4 is 34.9 Å². The number of rotatable bonds is 8. The van der Waals surface area contributed by atoms with E-state index in [9.17, 15) is 0 Å². The van der Waals surface area contributed by atoms with E-state index in [0.717, 1.165) is 62.8 Å². The molecule has 10 heteroatoms. The van der Waals surface area contributed by atoms with Gasteiger partial charge in [-0.15, -0.1) is 22.7 Å². The molecular weight excluding hydrogens is 590 g/mol. The Morgan fingerprint density at radius 2 is 1.43 bits per heavy atom. The van der Waals surface area contributed by atoms with Crippen molar-refractivity contribution in [1.29, 1.82) is 0 Å². The summed E-state index contributed by atoms with van der Waals surface area (Å²) in [5.74, 6) is 1.54. The molecule has 6 rings (SSSR count). The van der Waals surface area contributed by atoms with Crippen LogP contribution in [0.2, 0.25) is 0 Å². The molecule has 0 spiro atoms. The second-order valence-corrected chi connectivity index (χ2v) is 15.0. The largest absolute Gasteiger partial charge is 1.00 e. The van der Waals surface area contributed by atoms with Gasteiger partial charge in [0.2, 0.25) is 0 Å². The summed E-state index contributed by atoms with van der Waals surface area (Å²) >= 11 is 3.65.